The Morgan fingerprint density at radius 1 is 1.57 bits per heavy atom. The Bertz CT molecular complexity index is 619. The highest BCUT2D eigenvalue weighted by Gasteiger charge is 2.30. The van der Waals surface area contributed by atoms with Crippen molar-refractivity contribution in [3.05, 3.63) is 21.4 Å². The van der Waals surface area contributed by atoms with Gasteiger partial charge >= 0.3 is 6.09 Å². The number of hydrogen-bond donors (Lipinski definition) is 1. The van der Waals surface area contributed by atoms with Crippen LogP contribution in [0.15, 0.2) is 10.7 Å². The maximum Gasteiger partial charge on any atom is 0.407 e. The molecule has 126 valence electrons. The van der Waals surface area contributed by atoms with E-state index in [1.807, 2.05) is 25.7 Å². The summed E-state index contributed by atoms with van der Waals surface area (Å²) in [6.45, 7) is 6.83. The molecule has 1 aliphatic rings. The first-order valence-electron chi connectivity index (χ1n) is 7.24. The Labute approximate surface area is 148 Å². The molecule has 0 unspecified atom stereocenters. The summed E-state index contributed by atoms with van der Waals surface area (Å²) >= 11 is 9.40. The second-order valence-corrected chi connectivity index (χ2v) is 7.57. The van der Waals surface area contributed by atoms with E-state index in [9.17, 15) is 9.59 Å². The number of nitrogens with one attached hydrogen (secondary N) is 1. The van der Waals surface area contributed by atoms with Crippen LogP contribution in [0.25, 0.3) is 0 Å². The van der Waals surface area contributed by atoms with E-state index in [-0.39, 0.29) is 11.6 Å². The number of nitrogens with zero attached hydrogens (tertiary/aromatic N) is 2. The molecule has 0 saturated carbocycles. The van der Waals surface area contributed by atoms with Crippen LogP contribution >= 0.6 is 27.5 Å². The number of pyridine rings is 1. The summed E-state index contributed by atoms with van der Waals surface area (Å²) in [5, 5.41) is 3.06. The van der Waals surface area contributed by atoms with E-state index < -0.39 is 6.09 Å². The molecule has 1 aliphatic heterocycles. The number of anilines is 1. The van der Waals surface area contributed by atoms with E-state index in [1.54, 1.807) is 0 Å². The smallest absolute Gasteiger partial charge is 0.407 e. The summed E-state index contributed by atoms with van der Waals surface area (Å²) in [5.74, 6) is 0. The van der Waals surface area contributed by atoms with Gasteiger partial charge in [0.2, 0.25) is 0 Å². The molecule has 0 bridgehead atoms. The van der Waals surface area contributed by atoms with E-state index in [2.05, 4.69) is 26.2 Å². The molecule has 0 spiro atoms. The van der Waals surface area contributed by atoms with Gasteiger partial charge in [0.05, 0.1) is 22.3 Å². The van der Waals surface area contributed by atoms with Crippen molar-refractivity contribution in [3.63, 3.8) is 0 Å². The predicted molar refractivity (Wildman–Crippen MR) is 92.3 cm³/mol. The SMILES string of the molecule is CC(C)(C)NC(=O)O[C@H]1CCN(c2c(C=O)cnc(Cl)c2Br)C1. The zero-order valence-corrected chi connectivity index (χ0v) is 15.6. The highest BCUT2D eigenvalue weighted by Crippen LogP contribution is 2.36. The molecule has 1 aromatic heterocycles. The van der Waals surface area contributed by atoms with Crippen molar-refractivity contribution < 1.29 is 14.3 Å². The number of aldehydes is 1. The van der Waals surface area contributed by atoms with E-state index in [0.29, 0.717) is 40.4 Å². The quantitative estimate of drug-likeness (QED) is 0.617. The van der Waals surface area contributed by atoms with E-state index >= 15 is 0 Å². The second-order valence-electron chi connectivity index (χ2n) is 6.42. The molecule has 1 N–H and O–H groups in total. The third-order valence-electron chi connectivity index (χ3n) is 3.32. The number of hydrogen-bond acceptors (Lipinski definition) is 5. The first kappa shape index (κ1) is 18.0. The molecule has 1 amide bonds. The van der Waals surface area contributed by atoms with Crippen molar-refractivity contribution in [2.75, 3.05) is 18.0 Å². The first-order valence-corrected chi connectivity index (χ1v) is 8.41. The number of carbonyl (C=O) groups is 2. The number of halogens is 2. The molecule has 6 nitrogen and oxygen atoms in total. The van der Waals surface area contributed by atoms with Gasteiger partial charge < -0.3 is 15.0 Å². The van der Waals surface area contributed by atoms with Gasteiger partial charge in [0.15, 0.2) is 6.29 Å². The van der Waals surface area contributed by atoms with E-state index in [1.165, 1.54) is 6.20 Å². The van der Waals surface area contributed by atoms with Crippen molar-refractivity contribution in [2.24, 2.45) is 0 Å². The van der Waals surface area contributed by atoms with Crippen LogP contribution in [0.4, 0.5) is 10.5 Å². The van der Waals surface area contributed by atoms with Gasteiger partial charge in [-0.2, -0.15) is 0 Å². The summed E-state index contributed by atoms with van der Waals surface area (Å²) in [4.78, 5) is 29.0. The maximum absolute atomic E-state index is 11.9. The van der Waals surface area contributed by atoms with Crippen molar-refractivity contribution in [1.29, 1.82) is 0 Å². The molecule has 0 radical (unpaired) electrons. The molecule has 0 aromatic carbocycles. The minimum atomic E-state index is -0.438. The van der Waals surface area contributed by atoms with Gasteiger partial charge in [-0.1, -0.05) is 11.6 Å². The second kappa shape index (κ2) is 7.05. The standard InChI is InChI=1S/C15H19BrClN3O3/c1-15(2,3)19-14(22)23-10-4-5-20(7-10)12-9(8-21)6-18-13(17)11(12)16/h6,8,10H,4-5,7H2,1-3H3,(H,19,22)/t10-/m0/s1. The number of amides is 1. The monoisotopic (exact) mass is 403 g/mol. The van der Waals surface area contributed by atoms with Gasteiger partial charge in [-0.25, -0.2) is 9.78 Å². The number of aromatic nitrogens is 1. The third-order valence-corrected chi connectivity index (χ3v) is 4.58. The minimum Gasteiger partial charge on any atom is -0.444 e. The summed E-state index contributed by atoms with van der Waals surface area (Å²) in [5.41, 5.74) is 0.783. The van der Waals surface area contributed by atoms with Crippen LogP contribution in [0.2, 0.25) is 5.15 Å². The zero-order chi connectivity index (χ0) is 17.2. The number of alkyl carbamates (subject to hydrolysis) is 1. The normalized spacial score (nSPS) is 18.0. The summed E-state index contributed by atoms with van der Waals surface area (Å²) < 4.78 is 6.01. The van der Waals surface area contributed by atoms with Gasteiger partial charge in [-0.3, -0.25) is 4.79 Å². The molecular formula is C15H19BrClN3O3. The van der Waals surface area contributed by atoms with Crippen LogP contribution in [0.5, 0.6) is 0 Å². The molecule has 0 aliphatic carbocycles. The Kier molecular flexibility index (Phi) is 5.52. The van der Waals surface area contributed by atoms with E-state index in [0.717, 1.165) is 6.29 Å². The summed E-state index contributed by atoms with van der Waals surface area (Å²) in [7, 11) is 0. The zero-order valence-electron chi connectivity index (χ0n) is 13.2. The fourth-order valence-corrected chi connectivity index (χ4v) is 3.11. The van der Waals surface area contributed by atoms with Gasteiger partial charge in [-0.05, 0) is 36.7 Å². The van der Waals surface area contributed by atoms with Crippen LogP contribution in [-0.2, 0) is 4.74 Å². The number of ether oxygens (including phenoxy) is 1. The largest absolute Gasteiger partial charge is 0.444 e. The Balaban J connectivity index is 2.08. The van der Waals surface area contributed by atoms with Crippen molar-refractivity contribution in [2.45, 2.75) is 38.8 Å². The first-order chi connectivity index (χ1) is 10.7. The summed E-state index contributed by atoms with van der Waals surface area (Å²) in [6, 6.07) is 0. The molecular weight excluding hydrogens is 386 g/mol. The molecule has 1 atom stereocenters. The Morgan fingerprint density at radius 3 is 2.87 bits per heavy atom. The fraction of sp³-hybridized carbons (Fsp3) is 0.533. The lowest BCUT2D eigenvalue weighted by atomic mass is 10.1. The predicted octanol–water partition coefficient (Wildman–Crippen LogP) is 3.41. The van der Waals surface area contributed by atoms with Crippen molar-refractivity contribution >= 4 is 45.6 Å². The highest BCUT2D eigenvalue weighted by atomic mass is 79.9. The lowest BCUT2D eigenvalue weighted by Gasteiger charge is -2.23. The van der Waals surface area contributed by atoms with Gasteiger partial charge in [0.25, 0.3) is 0 Å². The Morgan fingerprint density at radius 2 is 2.26 bits per heavy atom. The molecule has 1 aromatic rings. The third kappa shape index (κ3) is 4.57. The van der Waals surface area contributed by atoms with Gasteiger partial charge in [0.1, 0.15) is 11.3 Å². The Hall–Kier alpha value is -1.34. The van der Waals surface area contributed by atoms with Crippen LogP contribution in [-0.4, -0.2) is 42.1 Å². The van der Waals surface area contributed by atoms with Crippen LogP contribution < -0.4 is 10.2 Å². The van der Waals surface area contributed by atoms with Crippen molar-refractivity contribution in [3.8, 4) is 0 Å². The fourth-order valence-electron chi connectivity index (χ4n) is 2.39. The molecule has 8 heteroatoms. The summed E-state index contributed by atoms with van der Waals surface area (Å²) in [6.07, 6.45) is 2.18. The average Bonchev–Trinajstić information content (AvgIpc) is 2.87. The van der Waals surface area contributed by atoms with Crippen LogP contribution in [0, 0.1) is 0 Å². The minimum absolute atomic E-state index is 0.240. The lowest BCUT2D eigenvalue weighted by molar-refractivity contribution is 0.101. The van der Waals surface area contributed by atoms with E-state index in [4.69, 9.17) is 16.3 Å². The molecule has 23 heavy (non-hydrogen) atoms. The highest BCUT2D eigenvalue weighted by molar-refractivity contribution is 9.10. The topological polar surface area (TPSA) is 71.5 Å². The average molecular weight is 405 g/mol. The molecule has 2 heterocycles. The molecule has 2 rings (SSSR count). The number of carbonyl (C=O) groups excluding carboxylic acids is 2. The number of rotatable bonds is 3. The van der Waals surface area contributed by atoms with Crippen LogP contribution in [0.1, 0.15) is 37.6 Å². The van der Waals surface area contributed by atoms with Gasteiger partial charge in [0, 0.05) is 24.7 Å². The maximum atomic E-state index is 11.9. The van der Waals surface area contributed by atoms with Crippen molar-refractivity contribution in [1.82, 2.24) is 10.3 Å². The molecule has 1 saturated heterocycles. The lowest BCUT2D eigenvalue weighted by Crippen LogP contribution is -2.42. The van der Waals surface area contributed by atoms with Gasteiger partial charge in [-0.15, -0.1) is 0 Å². The molecule has 1 fully saturated rings. The van der Waals surface area contributed by atoms with Crippen LogP contribution in [0.3, 0.4) is 0 Å².